The summed E-state index contributed by atoms with van der Waals surface area (Å²) < 4.78 is 21.8. The fourth-order valence-corrected chi connectivity index (χ4v) is 4.11. The lowest BCUT2D eigenvalue weighted by atomic mass is 10.1. The summed E-state index contributed by atoms with van der Waals surface area (Å²) in [5.41, 5.74) is 0. The van der Waals surface area contributed by atoms with E-state index in [1.165, 1.54) is 0 Å². The molecule has 5 rings (SSSR count). The second-order valence-electron chi connectivity index (χ2n) is 11.0. The largest absolute Gasteiger partial charge is 0.455 e. The Labute approximate surface area is 290 Å². The molecule has 302 valence electrons. The predicted octanol–water partition coefficient (Wildman–Crippen LogP) is -12.5. The van der Waals surface area contributed by atoms with Crippen LogP contribution in [0.5, 0.6) is 0 Å². The van der Waals surface area contributed by atoms with E-state index in [4.69, 9.17) is 81.7 Å². The lowest BCUT2D eigenvalue weighted by Crippen LogP contribution is -2.40. The lowest BCUT2D eigenvalue weighted by molar-refractivity contribution is -0.151. The maximum absolute atomic E-state index is 10.6. The standard InChI is InChI=1S/C6H10O6.4C5H8O5/c7-1-2(8)5-3(9)4(10)6(11)12-5;4*6-1-2-3(7)4(8)5(9)10-2/h2-5,7-10H,1H2;4*2-4,6-8H,1H2/t2-,3-,4+,5+;2-,3+,4+;2-,3+,4-;2-,3-,4+;2-,3-,4-/m11111/s1. The van der Waals surface area contributed by atoms with Crippen molar-refractivity contribution in [2.24, 2.45) is 0 Å². The molecule has 5 saturated heterocycles. The number of hydrogen-bond acceptors (Lipinski definition) is 26. The molecule has 5 aliphatic rings. The monoisotopic (exact) mass is 770 g/mol. The highest BCUT2D eigenvalue weighted by Crippen LogP contribution is 2.19. The summed E-state index contributed by atoms with van der Waals surface area (Å²) in [7, 11) is 0. The van der Waals surface area contributed by atoms with Gasteiger partial charge in [-0.25, -0.2) is 24.0 Å². The molecule has 0 saturated carbocycles. The van der Waals surface area contributed by atoms with Crippen molar-refractivity contribution in [2.75, 3.05) is 33.0 Å². The van der Waals surface area contributed by atoms with E-state index in [2.05, 4.69) is 23.7 Å². The van der Waals surface area contributed by atoms with Crippen molar-refractivity contribution in [2.45, 2.75) is 97.7 Å². The quantitative estimate of drug-likeness (QED) is 0.0880. The molecule has 0 spiro atoms. The van der Waals surface area contributed by atoms with E-state index in [0.29, 0.717) is 0 Å². The molecule has 0 unspecified atom stereocenters. The van der Waals surface area contributed by atoms with Crippen LogP contribution < -0.4 is 0 Å². The smallest absolute Gasteiger partial charge is 0.338 e. The zero-order valence-corrected chi connectivity index (χ0v) is 26.5. The number of aliphatic hydroxyl groups excluding tert-OH is 16. The number of carbonyl (C=O) groups is 5. The number of carbonyl (C=O) groups excluding carboxylic acids is 5. The highest BCUT2D eigenvalue weighted by atomic mass is 16.6. The van der Waals surface area contributed by atoms with Crippen LogP contribution in [0.1, 0.15) is 0 Å². The third kappa shape index (κ3) is 11.9. The fraction of sp³-hybridized carbons (Fsp3) is 0.808. The van der Waals surface area contributed by atoms with Gasteiger partial charge in [-0.1, -0.05) is 0 Å². The SMILES string of the molecule is O=C1O[C@@H]([C@H](O)CO)[C@H](O)[C@@H]1O.O=C1O[C@H](CO)[C@@H](O)[C@@H]1O.O=C1O[C@H](CO)[C@@H](O)[C@H]1O.O=C1O[C@H](CO)[C@H](O)[C@@H]1O.O=C1O[C@H](CO)[C@H](O)[C@H]1O. The van der Waals surface area contributed by atoms with Crippen LogP contribution in [-0.4, -0.2) is 242 Å². The van der Waals surface area contributed by atoms with Crippen molar-refractivity contribution in [1.82, 2.24) is 0 Å². The summed E-state index contributed by atoms with van der Waals surface area (Å²) in [5, 5.41) is 139. The molecule has 16 atom stereocenters. The highest BCUT2D eigenvalue weighted by Gasteiger charge is 2.46. The van der Waals surface area contributed by atoms with Gasteiger partial charge in [0.25, 0.3) is 0 Å². The van der Waals surface area contributed by atoms with Crippen molar-refractivity contribution in [3.05, 3.63) is 0 Å². The Kier molecular flexibility index (Phi) is 19.3. The van der Waals surface area contributed by atoms with Gasteiger partial charge in [0.1, 0.15) is 36.6 Å². The second-order valence-corrected chi connectivity index (χ2v) is 11.0. The minimum Gasteiger partial charge on any atom is -0.455 e. The van der Waals surface area contributed by atoms with E-state index in [1.807, 2.05) is 0 Å². The van der Waals surface area contributed by atoms with Gasteiger partial charge < -0.3 is 105 Å². The first-order valence-electron chi connectivity index (χ1n) is 14.8. The van der Waals surface area contributed by atoms with E-state index in [0.717, 1.165) is 0 Å². The summed E-state index contributed by atoms with van der Waals surface area (Å²) in [5.74, 6) is -4.52. The summed E-state index contributed by atoms with van der Waals surface area (Å²) in [4.78, 5) is 52.2. The van der Waals surface area contributed by atoms with E-state index in [1.54, 1.807) is 0 Å². The van der Waals surface area contributed by atoms with Crippen LogP contribution in [0.2, 0.25) is 0 Å². The van der Waals surface area contributed by atoms with Gasteiger partial charge in [-0.05, 0) is 0 Å². The molecule has 26 nitrogen and oxygen atoms in total. The molecule has 0 aliphatic carbocycles. The van der Waals surface area contributed by atoms with Crippen LogP contribution >= 0.6 is 0 Å². The third-order valence-corrected chi connectivity index (χ3v) is 7.29. The molecule has 5 fully saturated rings. The van der Waals surface area contributed by atoms with Crippen molar-refractivity contribution in [3.63, 3.8) is 0 Å². The molecule has 52 heavy (non-hydrogen) atoms. The van der Waals surface area contributed by atoms with Crippen LogP contribution in [0, 0.1) is 0 Å². The maximum atomic E-state index is 10.6. The highest BCUT2D eigenvalue weighted by molar-refractivity contribution is 5.79. The Bertz CT molecular complexity index is 1030. The van der Waals surface area contributed by atoms with Crippen LogP contribution in [0.25, 0.3) is 0 Å². The van der Waals surface area contributed by atoms with Crippen molar-refractivity contribution >= 4 is 29.8 Å². The average molecular weight is 771 g/mol. The molecule has 0 aromatic rings. The molecule has 5 aliphatic heterocycles. The number of esters is 5. The van der Waals surface area contributed by atoms with Crippen LogP contribution in [0.4, 0.5) is 0 Å². The number of hydrogen-bond donors (Lipinski definition) is 16. The molecular formula is C26H42O26. The summed E-state index contributed by atoms with van der Waals surface area (Å²) >= 11 is 0. The summed E-state index contributed by atoms with van der Waals surface area (Å²) in [6.45, 7) is -2.51. The molecular weight excluding hydrogens is 728 g/mol. The van der Waals surface area contributed by atoms with Gasteiger partial charge in [-0.15, -0.1) is 0 Å². The number of cyclic esters (lactones) is 5. The minimum atomic E-state index is -1.63. The van der Waals surface area contributed by atoms with Crippen molar-refractivity contribution < 1.29 is 129 Å². The fourth-order valence-electron chi connectivity index (χ4n) is 4.11. The zero-order valence-electron chi connectivity index (χ0n) is 26.5. The summed E-state index contributed by atoms with van der Waals surface area (Å²) in [6.07, 6.45) is -20.8. The van der Waals surface area contributed by atoms with E-state index in [-0.39, 0.29) is 0 Å². The van der Waals surface area contributed by atoms with Gasteiger partial charge in [-0.2, -0.15) is 0 Å². The van der Waals surface area contributed by atoms with Crippen molar-refractivity contribution in [1.29, 1.82) is 0 Å². The number of ether oxygens (including phenoxy) is 5. The lowest BCUT2D eigenvalue weighted by Gasteiger charge is -2.17. The Morgan fingerprint density at radius 2 is 0.596 bits per heavy atom. The molecule has 0 radical (unpaired) electrons. The molecule has 0 bridgehead atoms. The van der Waals surface area contributed by atoms with Gasteiger partial charge >= 0.3 is 29.8 Å². The van der Waals surface area contributed by atoms with Gasteiger partial charge in [0.05, 0.1) is 33.0 Å². The first-order chi connectivity index (χ1) is 24.2. The minimum absolute atomic E-state index is 0.468. The first kappa shape index (κ1) is 46.7. The molecule has 16 N–H and O–H groups in total. The zero-order chi connectivity index (χ0) is 40.2. The second kappa shape index (κ2) is 21.4. The van der Waals surface area contributed by atoms with Gasteiger partial charge in [0.2, 0.25) is 0 Å². The molecule has 5 heterocycles. The van der Waals surface area contributed by atoms with Crippen LogP contribution in [-0.2, 0) is 47.7 Å². The molecule has 0 aromatic carbocycles. The van der Waals surface area contributed by atoms with E-state index < -0.39 is 161 Å². The van der Waals surface area contributed by atoms with Gasteiger partial charge in [-0.3, -0.25) is 0 Å². The normalized spacial score (nSPS) is 39.5. The Morgan fingerprint density at radius 3 is 0.712 bits per heavy atom. The average Bonchev–Trinajstić information content (AvgIpc) is 3.82. The third-order valence-electron chi connectivity index (χ3n) is 7.29. The maximum Gasteiger partial charge on any atom is 0.338 e. The van der Waals surface area contributed by atoms with Gasteiger partial charge in [0.15, 0.2) is 61.0 Å². The molecule has 0 aromatic heterocycles. The Hall–Kier alpha value is -3.29. The first-order valence-corrected chi connectivity index (χ1v) is 14.8. The summed E-state index contributed by atoms with van der Waals surface area (Å²) in [6, 6.07) is 0. The van der Waals surface area contributed by atoms with E-state index in [9.17, 15) is 24.0 Å². The molecule has 26 heteroatoms. The van der Waals surface area contributed by atoms with Gasteiger partial charge in [0, 0.05) is 0 Å². The molecule has 0 amide bonds. The van der Waals surface area contributed by atoms with Crippen molar-refractivity contribution in [3.8, 4) is 0 Å². The number of aliphatic hydroxyl groups is 16. The predicted molar refractivity (Wildman–Crippen MR) is 151 cm³/mol. The number of rotatable bonds is 6. The van der Waals surface area contributed by atoms with Crippen LogP contribution in [0.3, 0.4) is 0 Å². The van der Waals surface area contributed by atoms with Crippen LogP contribution in [0.15, 0.2) is 0 Å². The Balaban J connectivity index is 0.000000326. The van der Waals surface area contributed by atoms with E-state index >= 15 is 0 Å². The Morgan fingerprint density at radius 1 is 0.385 bits per heavy atom. The topological polar surface area (TPSA) is 455 Å².